The maximum absolute atomic E-state index is 11.7. The van der Waals surface area contributed by atoms with Gasteiger partial charge in [0.15, 0.2) is 0 Å². The van der Waals surface area contributed by atoms with E-state index in [-0.39, 0.29) is 11.9 Å². The zero-order valence-corrected chi connectivity index (χ0v) is 12.1. The van der Waals surface area contributed by atoms with Crippen molar-refractivity contribution < 1.29 is 4.79 Å². The van der Waals surface area contributed by atoms with Gasteiger partial charge in [0.2, 0.25) is 5.91 Å². The molecule has 5 heteroatoms. The van der Waals surface area contributed by atoms with Crippen LogP contribution in [0, 0.1) is 0 Å². The topological polar surface area (TPSA) is 29.1 Å². The number of nitrogens with one attached hydrogen (secondary N) is 1. The molecule has 94 valence electrons. The number of rotatable bonds is 4. The summed E-state index contributed by atoms with van der Waals surface area (Å²) in [6.07, 6.45) is 3.35. The lowest BCUT2D eigenvalue weighted by Gasteiger charge is -2.09. The van der Waals surface area contributed by atoms with E-state index >= 15 is 0 Å². The molecule has 2 rings (SSSR count). The van der Waals surface area contributed by atoms with Crippen LogP contribution in [-0.4, -0.2) is 5.91 Å². The van der Waals surface area contributed by atoms with Gasteiger partial charge in [0.25, 0.3) is 0 Å². The number of carbonyl (C=O) groups is 1. The Labute approximate surface area is 119 Å². The van der Waals surface area contributed by atoms with Crippen LogP contribution in [0.25, 0.3) is 6.08 Å². The van der Waals surface area contributed by atoms with Gasteiger partial charge in [-0.2, -0.15) is 11.3 Å². The Balaban J connectivity index is 1.91. The Bertz CT molecular complexity index is 545. The van der Waals surface area contributed by atoms with Gasteiger partial charge >= 0.3 is 0 Å². The van der Waals surface area contributed by atoms with Crippen LogP contribution >= 0.6 is 34.3 Å². The highest BCUT2D eigenvalue weighted by molar-refractivity contribution is 7.16. The quantitative estimate of drug-likeness (QED) is 0.835. The van der Waals surface area contributed by atoms with Crippen molar-refractivity contribution in [3.63, 3.8) is 0 Å². The molecule has 1 unspecified atom stereocenters. The van der Waals surface area contributed by atoms with Gasteiger partial charge in [-0.3, -0.25) is 4.79 Å². The fourth-order valence-corrected chi connectivity index (χ4v) is 3.13. The minimum atomic E-state index is -0.0989. The van der Waals surface area contributed by atoms with Gasteiger partial charge in [0.1, 0.15) is 0 Å². The summed E-state index contributed by atoms with van der Waals surface area (Å²) < 4.78 is 0.736. The zero-order chi connectivity index (χ0) is 13.0. The van der Waals surface area contributed by atoms with Gasteiger partial charge < -0.3 is 5.32 Å². The maximum Gasteiger partial charge on any atom is 0.244 e. The van der Waals surface area contributed by atoms with Crippen molar-refractivity contribution in [3.8, 4) is 0 Å². The number of hydrogen-bond acceptors (Lipinski definition) is 3. The molecule has 0 fully saturated rings. The van der Waals surface area contributed by atoms with E-state index in [9.17, 15) is 4.79 Å². The average molecular weight is 298 g/mol. The molecule has 0 bridgehead atoms. The summed E-state index contributed by atoms with van der Waals surface area (Å²) in [7, 11) is 0. The molecule has 0 aliphatic rings. The van der Waals surface area contributed by atoms with E-state index < -0.39 is 0 Å². The van der Waals surface area contributed by atoms with Crippen molar-refractivity contribution >= 4 is 46.3 Å². The van der Waals surface area contributed by atoms with E-state index in [0.717, 1.165) is 14.8 Å². The van der Waals surface area contributed by atoms with E-state index in [1.165, 1.54) is 11.3 Å². The number of thiophene rings is 2. The Morgan fingerprint density at radius 3 is 2.89 bits per heavy atom. The first-order chi connectivity index (χ1) is 8.65. The lowest BCUT2D eigenvalue weighted by molar-refractivity contribution is -0.117. The molecule has 2 aromatic heterocycles. The van der Waals surface area contributed by atoms with Crippen molar-refractivity contribution in [1.29, 1.82) is 0 Å². The maximum atomic E-state index is 11.7. The van der Waals surface area contributed by atoms with E-state index in [2.05, 4.69) is 5.32 Å². The zero-order valence-electron chi connectivity index (χ0n) is 9.72. The van der Waals surface area contributed by atoms with E-state index in [1.807, 2.05) is 35.9 Å². The van der Waals surface area contributed by atoms with Crippen molar-refractivity contribution in [2.45, 2.75) is 13.0 Å². The lowest BCUT2D eigenvalue weighted by atomic mass is 10.2. The Morgan fingerprint density at radius 2 is 2.28 bits per heavy atom. The summed E-state index contributed by atoms with van der Waals surface area (Å²) in [5.41, 5.74) is 1.04. The summed E-state index contributed by atoms with van der Waals surface area (Å²) in [5.74, 6) is -0.0989. The molecule has 0 aliphatic heterocycles. The molecular formula is C13H12ClNOS2. The fraction of sp³-hybridized carbons (Fsp3) is 0.154. The largest absolute Gasteiger partial charge is 0.345 e. The number of hydrogen-bond donors (Lipinski definition) is 1. The first kappa shape index (κ1) is 13.3. The Morgan fingerprint density at radius 1 is 1.44 bits per heavy atom. The molecule has 0 aromatic carbocycles. The highest BCUT2D eigenvalue weighted by Crippen LogP contribution is 2.26. The highest BCUT2D eigenvalue weighted by Gasteiger charge is 2.09. The van der Waals surface area contributed by atoms with Crippen molar-refractivity contribution in [2.24, 2.45) is 0 Å². The summed E-state index contributed by atoms with van der Waals surface area (Å²) in [6, 6.07) is 5.71. The molecule has 0 aliphatic carbocycles. The summed E-state index contributed by atoms with van der Waals surface area (Å²) in [5, 5.41) is 6.87. The van der Waals surface area contributed by atoms with Crippen molar-refractivity contribution in [1.82, 2.24) is 5.32 Å². The van der Waals surface area contributed by atoms with Gasteiger partial charge in [0.05, 0.1) is 10.4 Å². The van der Waals surface area contributed by atoms with Crippen LogP contribution in [0.2, 0.25) is 4.34 Å². The van der Waals surface area contributed by atoms with Crippen LogP contribution in [0.1, 0.15) is 23.4 Å². The Hall–Kier alpha value is -1.10. The third kappa shape index (κ3) is 3.70. The lowest BCUT2D eigenvalue weighted by Crippen LogP contribution is -2.23. The molecule has 0 spiro atoms. The van der Waals surface area contributed by atoms with E-state index in [0.29, 0.717) is 0 Å². The molecule has 2 heterocycles. The third-order valence-electron chi connectivity index (χ3n) is 2.35. The second-order valence-corrected chi connectivity index (χ2v) is 6.29. The first-order valence-electron chi connectivity index (χ1n) is 5.41. The number of amides is 1. The molecule has 18 heavy (non-hydrogen) atoms. The summed E-state index contributed by atoms with van der Waals surface area (Å²) in [6.45, 7) is 1.94. The van der Waals surface area contributed by atoms with Gasteiger partial charge in [0, 0.05) is 11.0 Å². The molecule has 1 amide bonds. The normalized spacial score (nSPS) is 12.8. The third-order valence-corrected chi connectivity index (χ3v) is 4.47. The second-order valence-electron chi connectivity index (χ2n) is 3.76. The van der Waals surface area contributed by atoms with Gasteiger partial charge in [-0.05, 0) is 47.5 Å². The van der Waals surface area contributed by atoms with Gasteiger partial charge in [-0.1, -0.05) is 11.6 Å². The molecule has 0 radical (unpaired) electrons. The van der Waals surface area contributed by atoms with Crippen LogP contribution in [0.15, 0.2) is 35.0 Å². The minimum Gasteiger partial charge on any atom is -0.345 e. The van der Waals surface area contributed by atoms with E-state index in [4.69, 9.17) is 11.6 Å². The van der Waals surface area contributed by atoms with Crippen LogP contribution in [0.5, 0.6) is 0 Å². The SMILES string of the molecule is CC(NC(=O)/C=C/c1ccsc1)c1ccc(Cl)s1. The molecule has 0 saturated heterocycles. The van der Waals surface area contributed by atoms with Crippen molar-refractivity contribution in [3.05, 3.63) is 49.8 Å². The van der Waals surface area contributed by atoms with Crippen LogP contribution in [-0.2, 0) is 4.79 Å². The fourth-order valence-electron chi connectivity index (χ4n) is 1.44. The summed E-state index contributed by atoms with van der Waals surface area (Å²) in [4.78, 5) is 12.8. The first-order valence-corrected chi connectivity index (χ1v) is 7.55. The van der Waals surface area contributed by atoms with Gasteiger partial charge in [-0.15, -0.1) is 11.3 Å². The standard InChI is InChI=1S/C13H12ClNOS2/c1-9(11-3-4-12(14)18-11)15-13(16)5-2-10-6-7-17-8-10/h2-9H,1H3,(H,15,16)/b5-2+. The number of halogens is 1. The van der Waals surface area contributed by atoms with Crippen LogP contribution < -0.4 is 5.32 Å². The molecule has 1 N–H and O–H groups in total. The predicted molar refractivity (Wildman–Crippen MR) is 79.2 cm³/mol. The van der Waals surface area contributed by atoms with Crippen molar-refractivity contribution in [2.75, 3.05) is 0 Å². The number of carbonyl (C=O) groups excluding carboxylic acids is 1. The highest BCUT2D eigenvalue weighted by atomic mass is 35.5. The summed E-state index contributed by atoms with van der Waals surface area (Å²) >= 11 is 8.95. The predicted octanol–water partition coefficient (Wildman–Crippen LogP) is 4.35. The Kier molecular flexibility index (Phi) is 4.58. The molecule has 2 nitrogen and oxygen atoms in total. The van der Waals surface area contributed by atoms with Crippen LogP contribution in [0.3, 0.4) is 0 Å². The van der Waals surface area contributed by atoms with Crippen LogP contribution in [0.4, 0.5) is 0 Å². The second kappa shape index (κ2) is 6.18. The smallest absolute Gasteiger partial charge is 0.244 e. The van der Waals surface area contributed by atoms with E-state index in [1.54, 1.807) is 23.5 Å². The molecule has 0 saturated carbocycles. The monoisotopic (exact) mass is 297 g/mol. The average Bonchev–Trinajstić information content (AvgIpc) is 2.97. The molecular weight excluding hydrogens is 286 g/mol. The minimum absolute atomic E-state index is 0.0258. The van der Waals surface area contributed by atoms with Gasteiger partial charge in [-0.25, -0.2) is 0 Å². The molecule has 2 aromatic rings. The molecule has 1 atom stereocenters.